The van der Waals surface area contributed by atoms with E-state index in [1.807, 2.05) is 0 Å². The molecule has 2 fully saturated rings. The summed E-state index contributed by atoms with van der Waals surface area (Å²) in [5.74, 6) is -1.23. The third-order valence-electron chi connectivity index (χ3n) is 3.18. The zero-order valence-electron chi connectivity index (χ0n) is 8.59. The number of rotatable bonds is 2. The number of likely N-dealkylation sites (tertiary alicyclic amines) is 1. The third kappa shape index (κ3) is 1.76. The lowest BCUT2D eigenvalue weighted by molar-refractivity contribution is -0.163. The van der Waals surface area contributed by atoms with E-state index in [0.29, 0.717) is 0 Å². The fraction of sp³-hybridized carbons (Fsp3) is 0.700. The zero-order valence-corrected chi connectivity index (χ0v) is 8.59. The number of hydrogen-bond donors (Lipinski definition) is 0. The van der Waals surface area contributed by atoms with Gasteiger partial charge in [-0.2, -0.15) is 13.2 Å². The number of carbonyl (C=O) groups excluding carboxylic acids is 1. The highest BCUT2D eigenvalue weighted by Gasteiger charge is 2.71. The largest absolute Gasteiger partial charge is 0.445 e. The van der Waals surface area contributed by atoms with E-state index < -0.39 is 23.6 Å². The summed E-state index contributed by atoms with van der Waals surface area (Å²) in [5.41, 5.74) is -0.703. The lowest BCUT2D eigenvalue weighted by atomic mass is 9.94. The Hall–Kier alpha value is -1.20. The van der Waals surface area contributed by atoms with Crippen molar-refractivity contribution in [2.45, 2.75) is 12.6 Å². The van der Waals surface area contributed by atoms with Gasteiger partial charge in [-0.25, -0.2) is 4.79 Å². The molecule has 2 aliphatic rings. The Balaban J connectivity index is 1.79. The first-order valence-corrected chi connectivity index (χ1v) is 4.98. The van der Waals surface area contributed by atoms with Gasteiger partial charge >= 0.3 is 12.3 Å². The van der Waals surface area contributed by atoms with E-state index in [2.05, 4.69) is 6.58 Å². The van der Waals surface area contributed by atoms with Crippen molar-refractivity contribution < 1.29 is 22.7 Å². The Morgan fingerprint density at radius 2 is 2.19 bits per heavy atom. The normalized spacial score (nSPS) is 26.2. The van der Waals surface area contributed by atoms with Gasteiger partial charge in [0, 0.05) is 18.5 Å². The van der Waals surface area contributed by atoms with Crippen molar-refractivity contribution in [3.05, 3.63) is 12.7 Å². The van der Waals surface area contributed by atoms with Gasteiger partial charge in [0.05, 0.1) is 5.92 Å². The molecule has 0 radical (unpaired) electrons. The maximum atomic E-state index is 12.3. The average molecular weight is 235 g/mol. The van der Waals surface area contributed by atoms with Crippen LogP contribution in [0, 0.1) is 11.3 Å². The molecule has 1 spiro atoms. The topological polar surface area (TPSA) is 29.5 Å². The minimum atomic E-state index is -4.13. The Morgan fingerprint density at radius 1 is 1.56 bits per heavy atom. The standard InChI is InChI=1S/C10H12F3NO2/c1-2-3-16-8(15)14-5-9(6-14)4-7(9)10(11,12)13/h2,7H,1,3-6H2. The van der Waals surface area contributed by atoms with E-state index in [9.17, 15) is 18.0 Å². The van der Waals surface area contributed by atoms with Crippen LogP contribution in [0.3, 0.4) is 0 Å². The average Bonchev–Trinajstić information content (AvgIpc) is 2.86. The van der Waals surface area contributed by atoms with Crippen LogP contribution in [0.1, 0.15) is 6.42 Å². The molecule has 0 aromatic carbocycles. The number of amides is 1. The van der Waals surface area contributed by atoms with Crippen molar-refractivity contribution in [1.82, 2.24) is 4.90 Å². The predicted octanol–water partition coefficient (Wildman–Crippen LogP) is 2.19. The molecule has 1 aliphatic carbocycles. The van der Waals surface area contributed by atoms with Gasteiger partial charge in [-0.15, -0.1) is 0 Å². The second-order valence-electron chi connectivity index (χ2n) is 4.38. The van der Waals surface area contributed by atoms with E-state index in [1.54, 1.807) is 0 Å². The molecule has 3 nitrogen and oxygen atoms in total. The summed E-state index contributed by atoms with van der Waals surface area (Å²) in [6, 6.07) is 0. The van der Waals surface area contributed by atoms with Crippen LogP contribution in [-0.4, -0.2) is 36.9 Å². The second kappa shape index (κ2) is 3.40. The van der Waals surface area contributed by atoms with E-state index in [1.165, 1.54) is 11.0 Å². The monoisotopic (exact) mass is 235 g/mol. The van der Waals surface area contributed by atoms with Gasteiger partial charge in [-0.3, -0.25) is 0 Å². The summed E-state index contributed by atoms with van der Waals surface area (Å²) >= 11 is 0. The SMILES string of the molecule is C=CCOC(=O)N1CC2(CC2C(F)(F)F)C1. The molecule has 0 N–H and O–H groups in total. The Morgan fingerprint density at radius 3 is 2.62 bits per heavy atom. The number of carbonyl (C=O) groups is 1. The molecule has 0 aromatic heterocycles. The van der Waals surface area contributed by atoms with Crippen LogP contribution < -0.4 is 0 Å². The maximum absolute atomic E-state index is 12.3. The first-order valence-electron chi connectivity index (χ1n) is 4.98. The minimum Gasteiger partial charge on any atom is -0.445 e. The highest BCUT2D eigenvalue weighted by Crippen LogP contribution is 2.64. The van der Waals surface area contributed by atoms with Crippen LogP contribution in [-0.2, 0) is 4.74 Å². The molecule has 1 amide bonds. The molecule has 1 aliphatic heterocycles. The van der Waals surface area contributed by atoms with Crippen molar-refractivity contribution in [2.24, 2.45) is 11.3 Å². The summed E-state index contributed by atoms with van der Waals surface area (Å²) in [7, 11) is 0. The number of nitrogens with zero attached hydrogens (tertiary/aromatic N) is 1. The van der Waals surface area contributed by atoms with Gasteiger partial charge in [0.2, 0.25) is 0 Å². The highest BCUT2D eigenvalue weighted by atomic mass is 19.4. The van der Waals surface area contributed by atoms with Crippen LogP contribution in [0.15, 0.2) is 12.7 Å². The Kier molecular flexibility index (Phi) is 2.40. The number of hydrogen-bond acceptors (Lipinski definition) is 2. The van der Waals surface area contributed by atoms with Gasteiger partial charge in [0.1, 0.15) is 6.61 Å². The second-order valence-corrected chi connectivity index (χ2v) is 4.38. The van der Waals surface area contributed by atoms with Gasteiger partial charge in [0.25, 0.3) is 0 Å². The molecule has 90 valence electrons. The number of ether oxygens (including phenoxy) is 1. The quantitative estimate of drug-likeness (QED) is 0.686. The molecule has 0 bridgehead atoms. The summed E-state index contributed by atoms with van der Waals surface area (Å²) < 4.78 is 41.7. The number of alkyl halides is 3. The van der Waals surface area contributed by atoms with Gasteiger partial charge in [-0.1, -0.05) is 12.7 Å². The molecular formula is C10H12F3NO2. The van der Waals surface area contributed by atoms with Gasteiger partial charge in [0.15, 0.2) is 0 Å². The Labute approximate surface area is 90.9 Å². The van der Waals surface area contributed by atoms with Crippen LogP contribution in [0.2, 0.25) is 0 Å². The fourth-order valence-electron chi connectivity index (χ4n) is 2.22. The van der Waals surface area contributed by atoms with E-state index in [-0.39, 0.29) is 26.1 Å². The van der Waals surface area contributed by atoms with Crippen LogP contribution >= 0.6 is 0 Å². The smallest absolute Gasteiger partial charge is 0.410 e. The maximum Gasteiger partial charge on any atom is 0.410 e. The van der Waals surface area contributed by atoms with Crippen LogP contribution in [0.4, 0.5) is 18.0 Å². The predicted molar refractivity (Wildman–Crippen MR) is 49.7 cm³/mol. The molecule has 16 heavy (non-hydrogen) atoms. The summed E-state index contributed by atoms with van der Waals surface area (Å²) in [6.45, 7) is 3.78. The van der Waals surface area contributed by atoms with Crippen molar-refractivity contribution in [3.8, 4) is 0 Å². The van der Waals surface area contributed by atoms with Crippen molar-refractivity contribution >= 4 is 6.09 Å². The van der Waals surface area contributed by atoms with Gasteiger partial charge < -0.3 is 9.64 Å². The highest BCUT2D eigenvalue weighted by molar-refractivity contribution is 5.69. The van der Waals surface area contributed by atoms with Crippen molar-refractivity contribution in [1.29, 1.82) is 0 Å². The molecule has 1 saturated carbocycles. The van der Waals surface area contributed by atoms with Crippen molar-refractivity contribution in [2.75, 3.05) is 19.7 Å². The molecule has 1 heterocycles. The Bertz CT molecular complexity index is 321. The lowest BCUT2D eigenvalue weighted by Crippen LogP contribution is -2.53. The van der Waals surface area contributed by atoms with Crippen LogP contribution in [0.5, 0.6) is 0 Å². The molecule has 1 saturated heterocycles. The van der Waals surface area contributed by atoms with Crippen molar-refractivity contribution in [3.63, 3.8) is 0 Å². The molecule has 2 rings (SSSR count). The summed E-state index contributed by atoms with van der Waals surface area (Å²) in [5, 5.41) is 0. The number of halogens is 3. The zero-order chi connectivity index (χ0) is 12.0. The van der Waals surface area contributed by atoms with E-state index in [0.717, 1.165) is 0 Å². The van der Waals surface area contributed by atoms with E-state index in [4.69, 9.17) is 4.74 Å². The summed E-state index contributed by atoms with van der Waals surface area (Å²) in [6.07, 6.45) is -3.12. The first kappa shape index (κ1) is 11.3. The minimum absolute atomic E-state index is 0.0883. The molecule has 6 heteroatoms. The molecule has 0 aromatic rings. The fourth-order valence-corrected chi connectivity index (χ4v) is 2.22. The van der Waals surface area contributed by atoms with Gasteiger partial charge in [-0.05, 0) is 6.42 Å². The van der Waals surface area contributed by atoms with E-state index >= 15 is 0 Å². The third-order valence-corrected chi connectivity index (χ3v) is 3.18. The molecule has 1 atom stereocenters. The molecule has 1 unspecified atom stereocenters. The van der Waals surface area contributed by atoms with Crippen LogP contribution in [0.25, 0.3) is 0 Å². The molecular weight excluding hydrogens is 223 g/mol. The lowest BCUT2D eigenvalue weighted by Gasteiger charge is -2.40. The summed E-state index contributed by atoms with van der Waals surface area (Å²) in [4.78, 5) is 12.5. The first-order chi connectivity index (χ1) is 7.39.